The lowest BCUT2D eigenvalue weighted by Crippen LogP contribution is -2.50. The van der Waals surface area contributed by atoms with Crippen LogP contribution in [-0.4, -0.2) is 44.4 Å². The van der Waals surface area contributed by atoms with Gasteiger partial charge in [-0.3, -0.25) is 4.79 Å². The summed E-state index contributed by atoms with van der Waals surface area (Å²) in [6, 6.07) is 2.27. The van der Waals surface area contributed by atoms with Crippen molar-refractivity contribution in [3.05, 3.63) is 0 Å². The van der Waals surface area contributed by atoms with Gasteiger partial charge < -0.3 is 17.7 Å². The molecule has 0 aliphatic rings. The topological polar surface area (TPSA) is 54.0 Å². The largest absolute Gasteiger partial charge is 0.518 e. The van der Waals surface area contributed by atoms with Gasteiger partial charge in [0, 0.05) is 27.4 Å². The van der Waals surface area contributed by atoms with E-state index in [4.69, 9.17) is 17.7 Å². The first-order chi connectivity index (χ1) is 10.1. The van der Waals surface area contributed by atoms with Crippen LogP contribution in [0.1, 0.15) is 41.5 Å². The monoisotopic (exact) mass is 350 g/mol. The second-order valence-electron chi connectivity index (χ2n) is 6.77. The molecule has 1 atom stereocenters. The zero-order chi connectivity index (χ0) is 17.6. The van der Waals surface area contributed by atoms with Crippen LogP contribution in [-0.2, 0) is 22.5 Å². The molecule has 0 aromatic heterocycles. The Hall–Kier alpha value is -0.216. The molecule has 0 saturated carbocycles. The number of hydrogen-bond acceptors (Lipinski definition) is 5. The summed E-state index contributed by atoms with van der Waals surface area (Å²) in [5.74, 6) is -0.466. The molecular weight excluding hydrogens is 316 g/mol. The minimum atomic E-state index is -2.77. The Bertz CT molecular complexity index is 338. The van der Waals surface area contributed by atoms with E-state index in [2.05, 4.69) is 34.6 Å². The molecule has 0 fully saturated rings. The van der Waals surface area contributed by atoms with E-state index in [0.717, 1.165) is 12.1 Å². The fraction of sp³-hybridized carbons (Fsp3) is 0.933. The molecule has 0 N–H and O–H groups in total. The molecule has 0 radical (unpaired) electrons. The van der Waals surface area contributed by atoms with E-state index in [-0.39, 0.29) is 16.9 Å². The minimum absolute atomic E-state index is 0.0180. The molecule has 7 heteroatoms. The van der Waals surface area contributed by atoms with Gasteiger partial charge in [0.1, 0.15) is 0 Å². The highest BCUT2D eigenvalue weighted by Gasteiger charge is 2.48. The van der Waals surface area contributed by atoms with Crippen LogP contribution in [0.25, 0.3) is 0 Å². The van der Waals surface area contributed by atoms with Crippen LogP contribution < -0.4 is 0 Å². The summed E-state index contributed by atoms with van der Waals surface area (Å²) in [5, 5.41) is 0.0180. The molecule has 0 aliphatic carbocycles. The lowest BCUT2D eigenvalue weighted by Gasteiger charge is -2.41. The molecule has 22 heavy (non-hydrogen) atoms. The van der Waals surface area contributed by atoms with Gasteiger partial charge in [-0.2, -0.15) is 0 Å². The molecule has 1 unspecified atom stereocenters. The third-order valence-corrected chi connectivity index (χ3v) is 13.3. The number of carbonyl (C=O) groups excluding carboxylic acids is 1. The maximum Gasteiger partial charge on any atom is 0.501 e. The first-order valence-electron chi connectivity index (χ1n) is 7.95. The van der Waals surface area contributed by atoms with Crippen LogP contribution in [0, 0.1) is 5.92 Å². The van der Waals surface area contributed by atoms with Crippen LogP contribution in [0.3, 0.4) is 0 Å². The van der Waals surface area contributed by atoms with Gasteiger partial charge in [0.15, 0.2) is 0 Å². The quantitative estimate of drug-likeness (QED) is 0.592. The summed E-state index contributed by atoms with van der Waals surface area (Å²) in [5.41, 5.74) is 0. The molecule has 132 valence electrons. The summed E-state index contributed by atoms with van der Waals surface area (Å²) in [6.45, 7) is 12.6. The zero-order valence-electron chi connectivity index (χ0n) is 15.7. The Labute approximate surface area is 138 Å². The average molecular weight is 351 g/mol. The Morgan fingerprint density at radius 3 is 1.68 bits per heavy atom. The molecular formula is C15H34O5Si2. The van der Waals surface area contributed by atoms with Crippen LogP contribution in [0.5, 0.6) is 0 Å². The molecule has 0 aromatic carbocycles. The second kappa shape index (κ2) is 8.58. The fourth-order valence-corrected chi connectivity index (χ4v) is 8.58. The second-order valence-corrected chi connectivity index (χ2v) is 14.9. The molecule has 0 heterocycles. The Morgan fingerprint density at radius 2 is 1.41 bits per heavy atom. The van der Waals surface area contributed by atoms with Crippen molar-refractivity contribution in [3.63, 3.8) is 0 Å². The van der Waals surface area contributed by atoms with E-state index in [1.165, 1.54) is 0 Å². The Morgan fingerprint density at radius 1 is 1.00 bits per heavy atom. The van der Waals surface area contributed by atoms with Gasteiger partial charge in [0.05, 0.1) is 5.92 Å². The molecule has 0 saturated heterocycles. The van der Waals surface area contributed by atoms with Crippen molar-refractivity contribution >= 4 is 23.1 Å². The van der Waals surface area contributed by atoms with Gasteiger partial charge in [-0.05, 0) is 17.1 Å². The molecule has 0 aliphatic heterocycles. The normalized spacial score (nSPS) is 14.8. The Balaban J connectivity index is 5.11. The maximum atomic E-state index is 12.6. The zero-order valence-corrected chi connectivity index (χ0v) is 17.7. The van der Waals surface area contributed by atoms with Crippen molar-refractivity contribution in [3.8, 4) is 0 Å². The minimum Gasteiger partial charge on any atom is -0.518 e. The van der Waals surface area contributed by atoms with Crippen molar-refractivity contribution in [1.82, 2.24) is 0 Å². The van der Waals surface area contributed by atoms with Gasteiger partial charge in [0.2, 0.25) is 0 Å². The highest BCUT2D eigenvalue weighted by atomic mass is 28.4. The van der Waals surface area contributed by atoms with Crippen LogP contribution in [0.4, 0.5) is 0 Å². The van der Waals surface area contributed by atoms with Gasteiger partial charge in [0.25, 0.3) is 14.3 Å². The summed E-state index contributed by atoms with van der Waals surface area (Å²) in [7, 11) is -0.226. The molecule has 0 bridgehead atoms. The highest BCUT2D eigenvalue weighted by Crippen LogP contribution is 2.42. The molecule has 0 amide bonds. The van der Waals surface area contributed by atoms with Crippen LogP contribution in [0.15, 0.2) is 0 Å². The first kappa shape index (κ1) is 21.8. The van der Waals surface area contributed by atoms with E-state index in [0.29, 0.717) is 6.04 Å². The van der Waals surface area contributed by atoms with Gasteiger partial charge >= 0.3 is 8.80 Å². The summed E-state index contributed by atoms with van der Waals surface area (Å²) in [6.07, 6.45) is 0. The molecule has 0 aromatic rings. The molecule has 5 nitrogen and oxygen atoms in total. The predicted molar refractivity (Wildman–Crippen MR) is 93.3 cm³/mol. The van der Waals surface area contributed by atoms with Gasteiger partial charge in [-0.25, -0.2) is 0 Å². The van der Waals surface area contributed by atoms with Crippen molar-refractivity contribution < 1.29 is 22.5 Å². The number of hydrogen-bond donors (Lipinski definition) is 0. The van der Waals surface area contributed by atoms with E-state index >= 15 is 0 Å². The summed E-state index contributed by atoms with van der Waals surface area (Å²) in [4.78, 5) is 12.6. The Kier molecular flexibility index (Phi) is 8.50. The first-order valence-corrected chi connectivity index (χ1v) is 12.2. The SMILES string of the molecule is CC[Si](CC)(OC(=O)C(C)C[Si](OC)(OC)OC)C(C)(C)C. The third-order valence-electron chi connectivity index (χ3n) is 4.70. The lowest BCUT2D eigenvalue weighted by atomic mass is 10.2. The van der Waals surface area contributed by atoms with Crippen molar-refractivity contribution in [1.29, 1.82) is 0 Å². The van der Waals surface area contributed by atoms with Crippen molar-refractivity contribution in [2.45, 2.75) is 64.7 Å². The van der Waals surface area contributed by atoms with E-state index in [1.807, 2.05) is 6.92 Å². The summed E-state index contributed by atoms with van der Waals surface area (Å²) < 4.78 is 22.3. The fourth-order valence-electron chi connectivity index (χ4n) is 2.86. The van der Waals surface area contributed by atoms with Crippen molar-refractivity contribution in [2.75, 3.05) is 21.3 Å². The maximum absolute atomic E-state index is 12.6. The smallest absolute Gasteiger partial charge is 0.501 e. The van der Waals surface area contributed by atoms with Crippen molar-refractivity contribution in [2.24, 2.45) is 5.92 Å². The third kappa shape index (κ3) is 4.89. The number of carbonyl (C=O) groups is 1. The van der Waals surface area contributed by atoms with E-state index < -0.39 is 17.1 Å². The van der Waals surface area contributed by atoms with E-state index in [9.17, 15) is 4.79 Å². The predicted octanol–water partition coefficient (Wildman–Crippen LogP) is 3.83. The summed E-state index contributed by atoms with van der Waals surface area (Å²) >= 11 is 0. The lowest BCUT2D eigenvalue weighted by molar-refractivity contribution is -0.139. The molecule has 0 spiro atoms. The molecule has 0 rings (SSSR count). The van der Waals surface area contributed by atoms with Crippen LogP contribution >= 0.6 is 0 Å². The highest BCUT2D eigenvalue weighted by molar-refractivity contribution is 6.77. The average Bonchev–Trinajstić information content (AvgIpc) is 2.48. The van der Waals surface area contributed by atoms with Crippen LogP contribution in [0.2, 0.25) is 23.2 Å². The van der Waals surface area contributed by atoms with Gasteiger partial charge in [-0.15, -0.1) is 0 Å². The van der Waals surface area contributed by atoms with Gasteiger partial charge in [-0.1, -0.05) is 41.5 Å². The standard InChI is InChI=1S/C15H34O5Si2/c1-10-21(11-2,15(4,5)6)20-14(16)13(3)12-22(17-7,18-8)19-9/h13H,10-12H2,1-9H3. The number of rotatable bonds is 9. The van der Waals surface area contributed by atoms with E-state index in [1.54, 1.807) is 21.3 Å².